The highest BCUT2D eigenvalue weighted by atomic mass is 19.4. The lowest BCUT2D eigenvalue weighted by Crippen LogP contribution is -2.34. The van der Waals surface area contributed by atoms with Gasteiger partial charge in [0.25, 0.3) is 0 Å². The minimum Gasteiger partial charge on any atom is -0.505 e. The molecule has 0 aliphatic heterocycles. The first-order chi connectivity index (χ1) is 9.60. The van der Waals surface area contributed by atoms with Gasteiger partial charge in [0.05, 0.1) is 5.41 Å². The van der Waals surface area contributed by atoms with Gasteiger partial charge in [0.2, 0.25) is 11.7 Å². The van der Waals surface area contributed by atoms with Crippen molar-refractivity contribution in [2.75, 3.05) is 0 Å². The number of hydrogen-bond donors (Lipinski definition) is 1. The number of benzene rings is 1. The van der Waals surface area contributed by atoms with Crippen LogP contribution in [0.4, 0.5) is 17.6 Å². The summed E-state index contributed by atoms with van der Waals surface area (Å²) in [5.41, 5.74) is -1.77. The molecular weight excluding hydrogens is 292 g/mol. The Labute approximate surface area is 117 Å². The van der Waals surface area contributed by atoms with Gasteiger partial charge in [-0.2, -0.15) is 18.2 Å². The van der Waals surface area contributed by atoms with E-state index in [9.17, 15) is 22.7 Å². The minimum atomic E-state index is -4.41. The fraction of sp³-hybridized carbons (Fsp3) is 0.385. The molecule has 0 spiro atoms. The fourth-order valence-corrected chi connectivity index (χ4v) is 1.57. The number of halogens is 4. The summed E-state index contributed by atoms with van der Waals surface area (Å²) >= 11 is 0. The average Bonchev–Trinajstić information content (AvgIpc) is 2.79. The Morgan fingerprint density at radius 2 is 1.90 bits per heavy atom. The van der Waals surface area contributed by atoms with Gasteiger partial charge in [-0.15, -0.1) is 0 Å². The maximum atomic E-state index is 12.9. The summed E-state index contributed by atoms with van der Waals surface area (Å²) in [6.45, 7) is 2.06. The van der Waals surface area contributed by atoms with Gasteiger partial charge in [0.15, 0.2) is 11.6 Å². The van der Waals surface area contributed by atoms with Crippen molar-refractivity contribution in [1.82, 2.24) is 10.1 Å². The van der Waals surface area contributed by atoms with Gasteiger partial charge in [0, 0.05) is 12.0 Å². The fourth-order valence-electron chi connectivity index (χ4n) is 1.57. The van der Waals surface area contributed by atoms with Gasteiger partial charge >= 0.3 is 6.18 Å². The zero-order chi connectivity index (χ0) is 15.8. The van der Waals surface area contributed by atoms with Gasteiger partial charge in [-0.3, -0.25) is 0 Å². The van der Waals surface area contributed by atoms with Crippen molar-refractivity contribution in [2.24, 2.45) is 5.41 Å². The van der Waals surface area contributed by atoms with E-state index in [0.717, 1.165) is 26.0 Å². The number of aromatic hydroxyl groups is 1. The maximum Gasteiger partial charge on any atom is 0.394 e. The van der Waals surface area contributed by atoms with E-state index in [-0.39, 0.29) is 17.3 Å². The van der Waals surface area contributed by atoms with E-state index in [4.69, 9.17) is 4.52 Å². The van der Waals surface area contributed by atoms with Crippen molar-refractivity contribution in [1.29, 1.82) is 0 Å². The lowest BCUT2D eigenvalue weighted by atomic mass is 9.88. The van der Waals surface area contributed by atoms with Crippen molar-refractivity contribution in [3.05, 3.63) is 29.9 Å². The summed E-state index contributed by atoms with van der Waals surface area (Å²) in [7, 11) is 0. The molecule has 1 aromatic carbocycles. The largest absolute Gasteiger partial charge is 0.505 e. The minimum absolute atomic E-state index is 0.0155. The highest BCUT2D eigenvalue weighted by Crippen LogP contribution is 2.40. The standard InChI is InChI=1S/C13H12F4N2O2/c1-12(2,13(15,16)17)6-10-18-11(19-21-10)7-3-4-8(14)9(20)5-7/h3-5,20H,6H2,1-2H3. The molecule has 0 atom stereocenters. The Morgan fingerprint density at radius 1 is 1.24 bits per heavy atom. The first kappa shape index (κ1) is 15.3. The summed E-state index contributed by atoms with van der Waals surface area (Å²) < 4.78 is 56.1. The van der Waals surface area contributed by atoms with Crippen molar-refractivity contribution in [2.45, 2.75) is 26.4 Å². The Balaban J connectivity index is 2.24. The van der Waals surface area contributed by atoms with E-state index in [0.29, 0.717) is 0 Å². The van der Waals surface area contributed by atoms with E-state index in [1.54, 1.807) is 0 Å². The van der Waals surface area contributed by atoms with Gasteiger partial charge in [-0.05, 0) is 18.2 Å². The van der Waals surface area contributed by atoms with Gasteiger partial charge in [-0.25, -0.2) is 4.39 Å². The van der Waals surface area contributed by atoms with Crippen molar-refractivity contribution in [3.8, 4) is 17.1 Å². The van der Waals surface area contributed by atoms with Crippen molar-refractivity contribution in [3.63, 3.8) is 0 Å². The van der Waals surface area contributed by atoms with E-state index in [2.05, 4.69) is 10.1 Å². The Hall–Kier alpha value is -2.12. The monoisotopic (exact) mass is 304 g/mol. The van der Waals surface area contributed by atoms with Crippen LogP contribution in [0.1, 0.15) is 19.7 Å². The number of alkyl halides is 3. The molecule has 21 heavy (non-hydrogen) atoms. The van der Waals surface area contributed by atoms with Crippen molar-refractivity contribution < 1.29 is 27.2 Å². The summed E-state index contributed by atoms with van der Waals surface area (Å²) in [6, 6.07) is 3.36. The molecule has 114 valence electrons. The maximum absolute atomic E-state index is 12.9. The second kappa shape index (κ2) is 5.01. The molecule has 8 heteroatoms. The van der Waals surface area contributed by atoms with Crippen molar-refractivity contribution >= 4 is 0 Å². The SMILES string of the molecule is CC(C)(Cc1nc(-c2ccc(F)c(O)c2)no1)C(F)(F)F. The lowest BCUT2D eigenvalue weighted by Gasteiger charge is -2.25. The molecule has 0 unspecified atom stereocenters. The number of phenolic OH excluding ortho intramolecular Hbond substituents is 1. The molecule has 1 aromatic heterocycles. The molecule has 2 aromatic rings. The van der Waals surface area contributed by atoms with Crippen LogP contribution in [-0.2, 0) is 6.42 Å². The zero-order valence-electron chi connectivity index (χ0n) is 11.2. The van der Waals surface area contributed by atoms with Crippen LogP contribution in [0.25, 0.3) is 11.4 Å². The summed E-state index contributed by atoms with van der Waals surface area (Å²) in [5, 5.41) is 12.8. The summed E-state index contributed by atoms with van der Waals surface area (Å²) in [4.78, 5) is 3.84. The Bertz CT molecular complexity index is 650. The summed E-state index contributed by atoms with van der Waals surface area (Å²) in [5.74, 6) is -1.62. The molecule has 0 saturated carbocycles. The second-order valence-electron chi connectivity index (χ2n) is 5.24. The molecule has 2 rings (SSSR count). The van der Waals surface area contributed by atoms with Crippen LogP contribution in [-0.4, -0.2) is 21.4 Å². The predicted molar refractivity (Wildman–Crippen MR) is 64.9 cm³/mol. The normalized spacial score (nSPS) is 12.7. The Morgan fingerprint density at radius 3 is 2.48 bits per heavy atom. The molecule has 0 fully saturated rings. The lowest BCUT2D eigenvalue weighted by molar-refractivity contribution is -0.212. The smallest absolute Gasteiger partial charge is 0.394 e. The zero-order valence-corrected chi connectivity index (χ0v) is 11.2. The second-order valence-corrected chi connectivity index (χ2v) is 5.24. The predicted octanol–water partition coefficient (Wildman–Crippen LogP) is 3.71. The van der Waals surface area contributed by atoms with E-state index in [1.807, 2.05) is 0 Å². The first-order valence-electron chi connectivity index (χ1n) is 5.98. The number of hydrogen-bond acceptors (Lipinski definition) is 4. The molecule has 0 bridgehead atoms. The summed E-state index contributed by atoms with van der Waals surface area (Å²) in [6.07, 6.45) is -4.88. The number of rotatable bonds is 3. The highest BCUT2D eigenvalue weighted by Gasteiger charge is 2.48. The van der Waals surface area contributed by atoms with Crippen LogP contribution >= 0.6 is 0 Å². The van der Waals surface area contributed by atoms with Crippen LogP contribution in [0.3, 0.4) is 0 Å². The van der Waals surface area contributed by atoms with Gasteiger partial charge in [-0.1, -0.05) is 19.0 Å². The molecule has 0 radical (unpaired) electrons. The van der Waals surface area contributed by atoms with Crippen LogP contribution in [0.2, 0.25) is 0 Å². The van der Waals surface area contributed by atoms with Gasteiger partial charge in [0.1, 0.15) is 0 Å². The van der Waals surface area contributed by atoms with Crippen LogP contribution in [0.5, 0.6) is 5.75 Å². The third-order valence-corrected chi connectivity index (χ3v) is 3.03. The van der Waals surface area contributed by atoms with Crippen LogP contribution in [0, 0.1) is 11.2 Å². The molecule has 1 N–H and O–H groups in total. The molecule has 4 nitrogen and oxygen atoms in total. The Kier molecular flexibility index (Phi) is 3.65. The quantitative estimate of drug-likeness (QED) is 0.878. The van der Waals surface area contributed by atoms with Crippen LogP contribution < -0.4 is 0 Å². The highest BCUT2D eigenvalue weighted by molar-refractivity contribution is 5.56. The molecule has 0 aliphatic rings. The van der Waals surface area contributed by atoms with Gasteiger partial charge < -0.3 is 9.63 Å². The molecule has 1 heterocycles. The molecule has 0 saturated heterocycles. The number of aromatic nitrogens is 2. The van der Waals surface area contributed by atoms with E-state index in [1.165, 1.54) is 6.07 Å². The third kappa shape index (κ3) is 3.14. The van der Waals surface area contributed by atoms with E-state index < -0.39 is 29.6 Å². The number of nitrogens with zero attached hydrogens (tertiary/aromatic N) is 2. The third-order valence-electron chi connectivity index (χ3n) is 3.03. The van der Waals surface area contributed by atoms with Crippen LogP contribution in [0.15, 0.2) is 22.7 Å². The van der Waals surface area contributed by atoms with E-state index >= 15 is 0 Å². The average molecular weight is 304 g/mol. The topological polar surface area (TPSA) is 59.2 Å². The number of phenols is 1. The molecule has 0 aliphatic carbocycles. The first-order valence-corrected chi connectivity index (χ1v) is 5.98. The molecular formula is C13H12F4N2O2. The molecule has 0 amide bonds.